The average molecular weight is 630 g/mol. The summed E-state index contributed by atoms with van der Waals surface area (Å²) in [6, 6.07) is 28.8. The lowest BCUT2D eigenvalue weighted by atomic mass is 10.1. The van der Waals surface area contributed by atoms with Gasteiger partial charge in [0, 0.05) is 56.7 Å². The van der Waals surface area contributed by atoms with E-state index in [2.05, 4.69) is 71.5 Å². The molecule has 0 saturated carbocycles. The van der Waals surface area contributed by atoms with Crippen molar-refractivity contribution in [2.75, 3.05) is 0 Å². The molecule has 1 aliphatic rings. The molecule has 7 rings (SSSR count). The smallest absolute Gasteiger partial charge is 0.104 e. The Balaban J connectivity index is 1.32. The predicted octanol–water partition coefficient (Wildman–Crippen LogP) is 11.2. The molecule has 0 amide bonds. The zero-order valence-corrected chi connectivity index (χ0v) is 25.8. The van der Waals surface area contributed by atoms with E-state index in [4.69, 9.17) is 56.4 Å². The average Bonchev–Trinajstić information content (AvgIpc) is 3.52. The number of nitrogens with zero attached hydrogens (tertiary/aromatic N) is 4. The predicted molar refractivity (Wildman–Crippen MR) is 182 cm³/mol. The first-order chi connectivity index (χ1) is 20.4. The summed E-state index contributed by atoms with van der Waals surface area (Å²) in [6.07, 6.45) is 0. The molecule has 4 aromatic carbocycles. The van der Waals surface area contributed by atoms with Gasteiger partial charge in [-0.15, -0.1) is 0 Å². The van der Waals surface area contributed by atoms with Gasteiger partial charge in [-0.25, -0.2) is 9.98 Å². The molecule has 6 aromatic rings. The molecule has 0 saturated heterocycles. The Labute approximate surface area is 262 Å². The molecule has 0 radical (unpaired) electrons. The van der Waals surface area contributed by atoms with E-state index in [1.807, 2.05) is 36.4 Å². The number of allylic oxidation sites excluding steroid dienone is 4. The number of halogens is 4. The minimum Gasteiger partial charge on any atom is -0.341 e. The molecule has 0 spiro atoms. The Hall–Kier alpha value is -3.54. The fourth-order valence-electron chi connectivity index (χ4n) is 5.97. The minimum absolute atomic E-state index is 0.199. The fourth-order valence-corrected chi connectivity index (χ4v) is 6.97. The SMILES string of the molecule is CCn1c2ccccc2c2cc(N=C3C(Cl)=C(Cl)C(=Nc4ccc5c(c4)c4ccccc4n5CC)C(Cl)=C3Cl)ccc21. The second kappa shape index (κ2) is 10.6. The maximum absolute atomic E-state index is 6.79. The zero-order valence-electron chi connectivity index (χ0n) is 22.8. The second-order valence-corrected chi connectivity index (χ2v) is 11.6. The van der Waals surface area contributed by atoms with E-state index >= 15 is 0 Å². The molecule has 0 atom stereocenters. The van der Waals surface area contributed by atoms with Crippen molar-refractivity contribution < 1.29 is 0 Å². The van der Waals surface area contributed by atoms with E-state index in [0.29, 0.717) is 22.8 Å². The fraction of sp³-hybridized carbons (Fsp3) is 0.118. The molecule has 0 bridgehead atoms. The van der Waals surface area contributed by atoms with E-state index in [-0.39, 0.29) is 20.1 Å². The highest BCUT2D eigenvalue weighted by molar-refractivity contribution is 6.70. The summed E-state index contributed by atoms with van der Waals surface area (Å²) in [5, 5.41) is 5.32. The lowest BCUT2D eigenvalue weighted by molar-refractivity contribution is 0.827. The van der Waals surface area contributed by atoms with E-state index in [0.717, 1.165) is 45.7 Å². The quantitative estimate of drug-likeness (QED) is 0.174. The van der Waals surface area contributed by atoms with E-state index in [1.165, 1.54) is 11.0 Å². The third kappa shape index (κ3) is 4.20. The summed E-state index contributed by atoms with van der Waals surface area (Å²) in [7, 11) is 0. The van der Waals surface area contributed by atoms with Crippen LogP contribution in [0.15, 0.2) is 115 Å². The van der Waals surface area contributed by atoms with Gasteiger partial charge in [-0.1, -0.05) is 82.8 Å². The Bertz CT molecular complexity index is 2030. The molecule has 42 heavy (non-hydrogen) atoms. The number of hydrogen-bond donors (Lipinski definition) is 0. The molecule has 4 nitrogen and oxygen atoms in total. The van der Waals surface area contributed by atoms with Crippen LogP contribution >= 0.6 is 46.4 Å². The van der Waals surface area contributed by atoms with Crippen molar-refractivity contribution in [1.82, 2.24) is 9.13 Å². The second-order valence-electron chi connectivity index (χ2n) is 10.1. The molecule has 2 heterocycles. The van der Waals surface area contributed by atoms with E-state index in [9.17, 15) is 0 Å². The molecule has 208 valence electrons. The van der Waals surface area contributed by atoms with Crippen molar-refractivity contribution in [3.05, 3.63) is 105 Å². The van der Waals surface area contributed by atoms with Gasteiger partial charge in [0.25, 0.3) is 0 Å². The van der Waals surface area contributed by atoms with Gasteiger partial charge < -0.3 is 9.13 Å². The van der Waals surface area contributed by atoms with Crippen molar-refractivity contribution in [2.45, 2.75) is 26.9 Å². The van der Waals surface area contributed by atoms with E-state index in [1.54, 1.807) is 0 Å². The van der Waals surface area contributed by atoms with Gasteiger partial charge in [-0.05, 0) is 62.4 Å². The number of benzene rings is 4. The Morgan fingerprint density at radius 2 is 0.833 bits per heavy atom. The van der Waals surface area contributed by atoms with Crippen LogP contribution in [0.5, 0.6) is 0 Å². The van der Waals surface area contributed by atoms with Crippen LogP contribution in [-0.2, 0) is 13.1 Å². The van der Waals surface area contributed by atoms with Crippen LogP contribution in [0.25, 0.3) is 43.6 Å². The van der Waals surface area contributed by atoms with Gasteiger partial charge in [-0.2, -0.15) is 0 Å². The lowest BCUT2D eigenvalue weighted by Crippen LogP contribution is -2.15. The first kappa shape index (κ1) is 27.3. The third-order valence-electron chi connectivity index (χ3n) is 7.84. The van der Waals surface area contributed by atoms with Crippen molar-refractivity contribution in [1.29, 1.82) is 0 Å². The summed E-state index contributed by atoms with van der Waals surface area (Å²) >= 11 is 27.2. The molecular formula is C34H24Cl4N4. The number of rotatable bonds is 4. The first-order valence-corrected chi connectivity index (χ1v) is 15.2. The Morgan fingerprint density at radius 1 is 0.476 bits per heavy atom. The van der Waals surface area contributed by atoms with Crippen molar-refractivity contribution in [3.8, 4) is 0 Å². The van der Waals surface area contributed by atoms with Crippen LogP contribution in [-0.4, -0.2) is 20.6 Å². The molecule has 2 aromatic heterocycles. The molecule has 0 unspecified atom stereocenters. The Kier molecular flexibility index (Phi) is 6.91. The van der Waals surface area contributed by atoms with Crippen LogP contribution < -0.4 is 0 Å². The Morgan fingerprint density at radius 3 is 1.21 bits per heavy atom. The standard InChI is InChI=1S/C34H24Cl4N4/c1-3-41-25-11-7-5-9-21(25)23-17-19(13-15-27(23)41)39-33-29(35)31(37)34(32(38)30(33)36)40-20-14-16-28-24(18-20)22-10-6-8-12-26(22)42(28)4-2/h5-18H,3-4H2,1-2H3. The lowest BCUT2D eigenvalue weighted by Gasteiger charge is -2.17. The number of fused-ring (bicyclic) bond motifs is 6. The first-order valence-electron chi connectivity index (χ1n) is 13.7. The minimum atomic E-state index is 0.199. The van der Waals surface area contributed by atoms with Crippen LogP contribution in [0.3, 0.4) is 0 Å². The van der Waals surface area contributed by atoms with Crippen LogP contribution in [0.2, 0.25) is 0 Å². The molecular weight excluding hydrogens is 606 g/mol. The molecule has 8 heteroatoms. The maximum Gasteiger partial charge on any atom is 0.104 e. The van der Waals surface area contributed by atoms with Gasteiger partial charge in [0.15, 0.2) is 0 Å². The largest absolute Gasteiger partial charge is 0.341 e. The monoisotopic (exact) mass is 628 g/mol. The zero-order chi connectivity index (χ0) is 29.1. The molecule has 0 fully saturated rings. The van der Waals surface area contributed by atoms with Crippen molar-refractivity contribution >= 4 is 113 Å². The molecule has 0 N–H and O–H groups in total. The number of aromatic nitrogens is 2. The van der Waals surface area contributed by atoms with Crippen molar-refractivity contribution in [3.63, 3.8) is 0 Å². The van der Waals surface area contributed by atoms with Crippen LogP contribution in [0, 0.1) is 0 Å². The van der Waals surface area contributed by atoms with Gasteiger partial charge >= 0.3 is 0 Å². The normalized spacial score (nSPS) is 14.3. The molecule has 1 aliphatic carbocycles. The highest BCUT2D eigenvalue weighted by atomic mass is 35.5. The topological polar surface area (TPSA) is 34.6 Å². The number of aliphatic imine (C=N–C) groups is 2. The highest BCUT2D eigenvalue weighted by Gasteiger charge is 2.29. The maximum atomic E-state index is 6.79. The summed E-state index contributed by atoms with van der Waals surface area (Å²) in [5.74, 6) is 0. The van der Waals surface area contributed by atoms with Gasteiger partial charge in [0.2, 0.25) is 0 Å². The third-order valence-corrected chi connectivity index (χ3v) is 9.51. The summed E-state index contributed by atoms with van der Waals surface area (Å²) in [4.78, 5) is 9.61. The van der Waals surface area contributed by atoms with Gasteiger partial charge in [0.1, 0.15) is 11.4 Å². The number of hydrogen-bond acceptors (Lipinski definition) is 2. The van der Waals surface area contributed by atoms with Gasteiger partial charge in [0.05, 0.1) is 31.5 Å². The highest BCUT2D eigenvalue weighted by Crippen LogP contribution is 2.39. The van der Waals surface area contributed by atoms with Crippen LogP contribution in [0.4, 0.5) is 11.4 Å². The molecule has 0 aliphatic heterocycles. The summed E-state index contributed by atoms with van der Waals surface area (Å²) in [5.41, 5.74) is 6.65. The number of aryl methyl sites for hydroxylation is 2. The van der Waals surface area contributed by atoms with Crippen molar-refractivity contribution in [2.24, 2.45) is 9.98 Å². The summed E-state index contributed by atoms with van der Waals surface area (Å²) < 4.78 is 4.57. The van der Waals surface area contributed by atoms with Crippen LogP contribution in [0.1, 0.15) is 13.8 Å². The van der Waals surface area contributed by atoms with Gasteiger partial charge in [-0.3, -0.25) is 0 Å². The van der Waals surface area contributed by atoms with E-state index < -0.39 is 0 Å². The summed E-state index contributed by atoms with van der Waals surface area (Å²) in [6.45, 7) is 6.01. The number of para-hydroxylation sites is 2.